The molecule has 2 bridgehead atoms. The summed E-state index contributed by atoms with van der Waals surface area (Å²) in [6.45, 7) is 1.87. The number of carbonyl (C=O) groups is 3. The predicted molar refractivity (Wildman–Crippen MR) is 68.1 cm³/mol. The SMILES string of the molecule is CCC(=O)CC[C@@H]1C(=O)CC[C@@H]2C[C@H]1CCC2=O. The molecule has 2 aliphatic rings. The zero-order chi connectivity index (χ0) is 13.1. The van der Waals surface area contributed by atoms with E-state index in [1.165, 1.54) is 0 Å². The Morgan fingerprint density at radius 1 is 1.17 bits per heavy atom. The molecule has 18 heavy (non-hydrogen) atoms. The van der Waals surface area contributed by atoms with Crippen molar-refractivity contribution in [2.24, 2.45) is 17.8 Å². The van der Waals surface area contributed by atoms with Crippen LogP contribution in [0.2, 0.25) is 0 Å². The Kier molecular flexibility index (Phi) is 4.31. The van der Waals surface area contributed by atoms with E-state index in [9.17, 15) is 14.4 Å². The average Bonchev–Trinajstić information content (AvgIpc) is 2.50. The summed E-state index contributed by atoms with van der Waals surface area (Å²) < 4.78 is 0. The van der Waals surface area contributed by atoms with E-state index >= 15 is 0 Å². The highest BCUT2D eigenvalue weighted by Gasteiger charge is 2.39. The lowest BCUT2D eigenvalue weighted by Crippen LogP contribution is -2.29. The van der Waals surface area contributed by atoms with Gasteiger partial charge < -0.3 is 0 Å². The summed E-state index contributed by atoms with van der Waals surface area (Å²) in [7, 11) is 0. The number of ketones is 3. The van der Waals surface area contributed by atoms with Crippen LogP contribution in [0.3, 0.4) is 0 Å². The normalized spacial score (nSPS) is 32.2. The van der Waals surface area contributed by atoms with Gasteiger partial charge in [0.05, 0.1) is 0 Å². The molecule has 2 saturated carbocycles. The highest BCUT2D eigenvalue weighted by molar-refractivity contribution is 5.87. The van der Waals surface area contributed by atoms with Crippen LogP contribution in [0.25, 0.3) is 0 Å². The Labute approximate surface area is 108 Å². The Balaban J connectivity index is 2.01. The fourth-order valence-corrected chi connectivity index (χ4v) is 3.45. The fraction of sp³-hybridized carbons (Fsp3) is 0.800. The molecule has 2 aliphatic carbocycles. The number of hydrogen-bond acceptors (Lipinski definition) is 3. The highest BCUT2D eigenvalue weighted by atomic mass is 16.1. The number of Topliss-reactive ketones (excluding diaryl/α,β-unsaturated/α-hetero) is 3. The second-order valence-electron chi connectivity index (χ2n) is 5.74. The first kappa shape index (κ1) is 13.4. The molecule has 0 unspecified atom stereocenters. The minimum Gasteiger partial charge on any atom is -0.300 e. The third kappa shape index (κ3) is 2.88. The van der Waals surface area contributed by atoms with Crippen molar-refractivity contribution in [3.05, 3.63) is 0 Å². The molecule has 0 spiro atoms. The monoisotopic (exact) mass is 250 g/mol. The second kappa shape index (κ2) is 5.77. The van der Waals surface area contributed by atoms with Crippen molar-refractivity contribution in [2.75, 3.05) is 0 Å². The van der Waals surface area contributed by atoms with Gasteiger partial charge in [0, 0.05) is 37.5 Å². The van der Waals surface area contributed by atoms with Crippen molar-refractivity contribution in [1.82, 2.24) is 0 Å². The van der Waals surface area contributed by atoms with E-state index in [0.717, 1.165) is 19.3 Å². The maximum absolute atomic E-state index is 12.1. The molecule has 0 saturated heterocycles. The Hall–Kier alpha value is -0.990. The number of hydrogen-bond donors (Lipinski definition) is 0. The van der Waals surface area contributed by atoms with Gasteiger partial charge in [0.1, 0.15) is 17.3 Å². The molecule has 2 rings (SSSR count). The summed E-state index contributed by atoms with van der Waals surface area (Å²) in [4.78, 5) is 35.3. The summed E-state index contributed by atoms with van der Waals surface area (Å²) in [5, 5.41) is 0. The zero-order valence-electron chi connectivity index (χ0n) is 11.1. The lowest BCUT2D eigenvalue weighted by atomic mass is 9.74. The number of carbonyl (C=O) groups excluding carboxylic acids is 3. The van der Waals surface area contributed by atoms with E-state index < -0.39 is 0 Å². The molecular weight excluding hydrogens is 228 g/mol. The van der Waals surface area contributed by atoms with Crippen LogP contribution in [0.15, 0.2) is 0 Å². The summed E-state index contributed by atoms with van der Waals surface area (Å²) in [6, 6.07) is 0. The summed E-state index contributed by atoms with van der Waals surface area (Å²) >= 11 is 0. The van der Waals surface area contributed by atoms with Gasteiger partial charge in [-0.1, -0.05) is 6.92 Å². The molecule has 0 amide bonds. The quantitative estimate of drug-likeness (QED) is 0.770. The third-order valence-electron chi connectivity index (χ3n) is 4.65. The first-order chi connectivity index (χ1) is 8.61. The standard InChI is InChI=1S/C15H22O3/c1-2-12(16)5-6-13-10-3-7-14(17)11(9-10)4-8-15(13)18/h10-11,13H,2-9H2,1H3/t10-,11-,13+/m1/s1. The van der Waals surface area contributed by atoms with Gasteiger partial charge in [-0.15, -0.1) is 0 Å². The van der Waals surface area contributed by atoms with Gasteiger partial charge in [-0.2, -0.15) is 0 Å². The largest absolute Gasteiger partial charge is 0.300 e. The van der Waals surface area contributed by atoms with E-state index in [4.69, 9.17) is 0 Å². The molecule has 0 aliphatic heterocycles. The molecular formula is C15H22O3. The minimum absolute atomic E-state index is 0.0404. The summed E-state index contributed by atoms with van der Waals surface area (Å²) in [5.41, 5.74) is 0. The van der Waals surface area contributed by atoms with Crippen LogP contribution in [0.1, 0.15) is 58.3 Å². The Morgan fingerprint density at radius 2 is 1.89 bits per heavy atom. The lowest BCUT2D eigenvalue weighted by Gasteiger charge is -2.29. The van der Waals surface area contributed by atoms with Gasteiger partial charge >= 0.3 is 0 Å². The van der Waals surface area contributed by atoms with Gasteiger partial charge in [-0.05, 0) is 31.6 Å². The molecule has 0 aromatic heterocycles. The van der Waals surface area contributed by atoms with Crippen molar-refractivity contribution in [3.8, 4) is 0 Å². The van der Waals surface area contributed by atoms with Gasteiger partial charge in [0.2, 0.25) is 0 Å². The van der Waals surface area contributed by atoms with Crippen molar-refractivity contribution in [2.45, 2.75) is 58.3 Å². The molecule has 0 aromatic carbocycles. The van der Waals surface area contributed by atoms with Crippen LogP contribution in [-0.4, -0.2) is 17.3 Å². The van der Waals surface area contributed by atoms with Crippen molar-refractivity contribution in [1.29, 1.82) is 0 Å². The van der Waals surface area contributed by atoms with E-state index in [1.54, 1.807) is 0 Å². The van der Waals surface area contributed by atoms with Crippen molar-refractivity contribution < 1.29 is 14.4 Å². The predicted octanol–water partition coefficient (Wildman–Crippen LogP) is 2.71. The maximum atomic E-state index is 12.1. The molecule has 3 nitrogen and oxygen atoms in total. The molecule has 0 aromatic rings. The lowest BCUT2D eigenvalue weighted by molar-refractivity contribution is -0.128. The van der Waals surface area contributed by atoms with Crippen molar-refractivity contribution in [3.63, 3.8) is 0 Å². The van der Waals surface area contributed by atoms with Crippen LogP contribution >= 0.6 is 0 Å². The topological polar surface area (TPSA) is 51.2 Å². The number of fused-ring (bicyclic) bond motifs is 2. The zero-order valence-corrected chi connectivity index (χ0v) is 11.1. The van der Waals surface area contributed by atoms with E-state index in [-0.39, 0.29) is 17.6 Å². The smallest absolute Gasteiger partial charge is 0.136 e. The van der Waals surface area contributed by atoms with Gasteiger partial charge in [-0.25, -0.2) is 0 Å². The van der Waals surface area contributed by atoms with Gasteiger partial charge in [0.25, 0.3) is 0 Å². The Bertz CT molecular complexity index is 359. The van der Waals surface area contributed by atoms with Crippen LogP contribution in [0.5, 0.6) is 0 Å². The molecule has 100 valence electrons. The van der Waals surface area contributed by atoms with E-state index in [1.807, 2.05) is 6.92 Å². The molecule has 2 fully saturated rings. The van der Waals surface area contributed by atoms with Gasteiger partial charge in [0.15, 0.2) is 0 Å². The van der Waals surface area contributed by atoms with Crippen LogP contribution < -0.4 is 0 Å². The van der Waals surface area contributed by atoms with Crippen LogP contribution in [0.4, 0.5) is 0 Å². The Morgan fingerprint density at radius 3 is 2.61 bits per heavy atom. The second-order valence-corrected chi connectivity index (χ2v) is 5.74. The van der Waals surface area contributed by atoms with Crippen LogP contribution in [0, 0.1) is 17.8 Å². The molecule has 0 radical (unpaired) electrons. The molecule has 3 heteroatoms. The average molecular weight is 250 g/mol. The first-order valence-electron chi connectivity index (χ1n) is 7.19. The highest BCUT2D eigenvalue weighted by Crippen LogP contribution is 2.40. The van der Waals surface area contributed by atoms with Crippen molar-refractivity contribution >= 4 is 17.3 Å². The van der Waals surface area contributed by atoms with Crippen LogP contribution in [-0.2, 0) is 14.4 Å². The molecule has 0 heterocycles. The fourth-order valence-electron chi connectivity index (χ4n) is 3.45. The minimum atomic E-state index is 0.0404. The number of rotatable bonds is 4. The first-order valence-corrected chi connectivity index (χ1v) is 7.19. The van der Waals surface area contributed by atoms with E-state index in [2.05, 4.69) is 0 Å². The van der Waals surface area contributed by atoms with Gasteiger partial charge in [-0.3, -0.25) is 14.4 Å². The molecule has 3 atom stereocenters. The third-order valence-corrected chi connectivity index (χ3v) is 4.65. The maximum Gasteiger partial charge on any atom is 0.136 e. The van der Waals surface area contributed by atoms with E-state index in [0.29, 0.717) is 49.6 Å². The summed E-state index contributed by atoms with van der Waals surface area (Å²) in [6.07, 6.45) is 5.46. The summed E-state index contributed by atoms with van der Waals surface area (Å²) in [5.74, 6) is 1.41. The molecule has 0 N–H and O–H groups in total.